The van der Waals surface area contributed by atoms with Crippen molar-refractivity contribution in [3.05, 3.63) is 125 Å². The molecule has 1 heterocycles. The smallest absolute Gasteiger partial charge is 0.224 e. The molecule has 4 heteroatoms. The van der Waals surface area contributed by atoms with Crippen LogP contribution in [0.1, 0.15) is 40.2 Å². The van der Waals surface area contributed by atoms with Gasteiger partial charge in [-0.2, -0.15) is 0 Å². The zero-order valence-corrected chi connectivity index (χ0v) is 21.9. The lowest BCUT2D eigenvalue weighted by Crippen LogP contribution is -2.32. The molecule has 1 amide bonds. The summed E-state index contributed by atoms with van der Waals surface area (Å²) < 4.78 is 5.51. The van der Waals surface area contributed by atoms with Crippen LogP contribution in [0.5, 0.6) is 5.75 Å². The second-order valence-electron chi connectivity index (χ2n) is 10.5. The maximum atomic E-state index is 13.1. The van der Waals surface area contributed by atoms with E-state index in [1.165, 1.54) is 38.9 Å². The van der Waals surface area contributed by atoms with Gasteiger partial charge in [0.15, 0.2) is 0 Å². The number of carbonyl (C=O) groups excluding carboxylic acids is 1. The summed E-state index contributed by atoms with van der Waals surface area (Å²) in [5.41, 5.74) is 9.00. The molecule has 38 heavy (non-hydrogen) atoms. The molecule has 192 valence electrons. The number of benzene rings is 4. The molecular weight excluding hydrogens is 468 g/mol. The Morgan fingerprint density at radius 1 is 0.921 bits per heavy atom. The third-order valence-electron chi connectivity index (χ3n) is 8.03. The highest BCUT2D eigenvalue weighted by atomic mass is 16.5. The van der Waals surface area contributed by atoms with Gasteiger partial charge in [0.2, 0.25) is 5.91 Å². The van der Waals surface area contributed by atoms with Gasteiger partial charge in [-0.25, -0.2) is 0 Å². The second kappa shape index (κ2) is 10.8. The number of nitrogens with one attached hydrogen (secondary N) is 1. The minimum Gasteiger partial charge on any atom is -0.497 e. The van der Waals surface area contributed by atoms with Gasteiger partial charge in [-0.15, -0.1) is 0 Å². The Hall–Kier alpha value is -3.89. The van der Waals surface area contributed by atoms with Crippen LogP contribution in [0.15, 0.2) is 97.1 Å². The van der Waals surface area contributed by atoms with E-state index in [0.717, 1.165) is 38.2 Å². The summed E-state index contributed by atoms with van der Waals surface area (Å²) in [7, 11) is 1.71. The minimum absolute atomic E-state index is 0.0823. The van der Waals surface area contributed by atoms with Crippen molar-refractivity contribution in [3.63, 3.8) is 0 Å². The highest BCUT2D eigenvalue weighted by Gasteiger charge is 2.43. The molecule has 0 radical (unpaired) electrons. The Morgan fingerprint density at radius 2 is 1.71 bits per heavy atom. The van der Waals surface area contributed by atoms with Crippen LogP contribution in [0.4, 0.5) is 0 Å². The van der Waals surface area contributed by atoms with E-state index in [2.05, 4.69) is 95.1 Å². The molecule has 1 aliphatic carbocycles. The average Bonchev–Trinajstić information content (AvgIpc) is 3.78. The maximum absolute atomic E-state index is 13.1. The molecule has 1 fully saturated rings. The predicted molar refractivity (Wildman–Crippen MR) is 152 cm³/mol. The molecular formula is C34H34N2O2. The Bertz CT molecular complexity index is 1420. The van der Waals surface area contributed by atoms with Crippen LogP contribution < -0.4 is 10.1 Å². The van der Waals surface area contributed by atoms with Crippen LogP contribution in [-0.4, -0.2) is 24.5 Å². The Balaban J connectivity index is 1.24. The van der Waals surface area contributed by atoms with Crippen molar-refractivity contribution in [1.82, 2.24) is 10.2 Å². The van der Waals surface area contributed by atoms with Gasteiger partial charge in [0.05, 0.1) is 7.11 Å². The first-order valence-electron chi connectivity index (χ1n) is 13.6. The third-order valence-corrected chi connectivity index (χ3v) is 8.03. The van der Waals surface area contributed by atoms with Gasteiger partial charge in [0.25, 0.3) is 0 Å². The van der Waals surface area contributed by atoms with Crippen LogP contribution >= 0.6 is 0 Å². The number of methoxy groups -OCH3 is 1. The number of hydrogen-bond acceptors (Lipinski definition) is 3. The summed E-state index contributed by atoms with van der Waals surface area (Å²) in [5.74, 6) is 1.47. The van der Waals surface area contributed by atoms with Crippen molar-refractivity contribution in [1.29, 1.82) is 0 Å². The van der Waals surface area contributed by atoms with Gasteiger partial charge in [0, 0.05) is 32.1 Å². The van der Waals surface area contributed by atoms with Crippen molar-refractivity contribution in [2.24, 2.45) is 5.92 Å². The maximum Gasteiger partial charge on any atom is 0.224 e. The zero-order chi connectivity index (χ0) is 25.9. The van der Waals surface area contributed by atoms with E-state index in [1.807, 2.05) is 12.1 Å². The molecule has 0 spiro atoms. The lowest BCUT2D eigenvalue weighted by molar-refractivity contribution is -0.122. The molecule has 0 aromatic heterocycles. The van der Waals surface area contributed by atoms with Crippen molar-refractivity contribution < 1.29 is 9.53 Å². The molecule has 4 aromatic rings. The van der Waals surface area contributed by atoms with Gasteiger partial charge >= 0.3 is 0 Å². The summed E-state index contributed by atoms with van der Waals surface area (Å²) in [4.78, 5) is 15.6. The van der Waals surface area contributed by atoms with Gasteiger partial charge < -0.3 is 10.1 Å². The van der Waals surface area contributed by atoms with Crippen molar-refractivity contribution >= 4 is 5.91 Å². The van der Waals surface area contributed by atoms with Gasteiger partial charge in [0.1, 0.15) is 5.75 Å². The first-order chi connectivity index (χ1) is 18.7. The number of fused-ring (bicyclic) bond motifs is 1. The van der Waals surface area contributed by atoms with Gasteiger partial charge in [-0.05, 0) is 69.8 Å². The Morgan fingerprint density at radius 3 is 2.50 bits per heavy atom. The third kappa shape index (κ3) is 5.23. The van der Waals surface area contributed by atoms with E-state index in [4.69, 9.17) is 4.74 Å². The van der Waals surface area contributed by atoms with Crippen LogP contribution in [0.25, 0.3) is 11.1 Å². The van der Waals surface area contributed by atoms with E-state index in [-0.39, 0.29) is 11.8 Å². The van der Waals surface area contributed by atoms with Crippen molar-refractivity contribution in [3.8, 4) is 16.9 Å². The summed E-state index contributed by atoms with van der Waals surface area (Å²) >= 11 is 0. The first-order valence-corrected chi connectivity index (χ1v) is 13.6. The van der Waals surface area contributed by atoms with Gasteiger partial charge in [-0.3, -0.25) is 9.69 Å². The standard InChI is InChI=1S/C34H34N2O2/c1-38-28-14-8-13-26(19-28)29-16-15-27(21-35-34(37)32-20-31(32)25-11-6-3-7-12-25)33-23-36(18-17-30(29)33)22-24-9-4-2-5-10-24/h2-16,19,31-32H,17-18,20-23H2,1H3,(H,35,37)/t31-,32-/m1/s1. The van der Waals surface area contributed by atoms with E-state index in [1.54, 1.807) is 7.11 Å². The fourth-order valence-electron chi connectivity index (χ4n) is 5.87. The SMILES string of the molecule is COc1cccc(-c2ccc(CNC(=O)[C@@H]3C[C@@H]3c3ccccc3)c3c2CCN(Cc2ccccc2)C3)c1. The Labute approximate surface area is 225 Å². The number of hydrogen-bond donors (Lipinski definition) is 1. The lowest BCUT2D eigenvalue weighted by atomic mass is 9.87. The van der Waals surface area contributed by atoms with Crippen LogP contribution in [0.2, 0.25) is 0 Å². The molecule has 0 saturated heterocycles. The molecule has 1 saturated carbocycles. The average molecular weight is 503 g/mol. The van der Waals surface area contributed by atoms with Crippen LogP contribution in [0.3, 0.4) is 0 Å². The summed E-state index contributed by atoms with van der Waals surface area (Å²) in [6.45, 7) is 3.38. The molecule has 2 aliphatic rings. The quantitative estimate of drug-likeness (QED) is 0.306. The molecule has 2 atom stereocenters. The van der Waals surface area contributed by atoms with Gasteiger partial charge in [-0.1, -0.05) is 84.9 Å². The van der Waals surface area contributed by atoms with E-state index < -0.39 is 0 Å². The molecule has 1 aliphatic heterocycles. The summed E-state index contributed by atoms with van der Waals surface area (Å²) in [6, 6.07) is 33.8. The van der Waals surface area contributed by atoms with Crippen molar-refractivity contribution in [2.45, 2.75) is 38.4 Å². The number of amides is 1. The fourth-order valence-corrected chi connectivity index (χ4v) is 5.87. The number of rotatable bonds is 8. The molecule has 6 rings (SSSR count). The topological polar surface area (TPSA) is 41.6 Å². The number of ether oxygens (including phenoxy) is 1. The van der Waals surface area contributed by atoms with Crippen LogP contribution in [-0.2, 0) is 30.8 Å². The van der Waals surface area contributed by atoms with E-state index in [9.17, 15) is 4.79 Å². The lowest BCUT2D eigenvalue weighted by Gasteiger charge is -2.32. The minimum atomic E-state index is 0.0823. The zero-order valence-electron chi connectivity index (χ0n) is 21.9. The van der Waals surface area contributed by atoms with E-state index >= 15 is 0 Å². The molecule has 4 aromatic carbocycles. The predicted octanol–water partition coefficient (Wildman–Crippen LogP) is 6.34. The number of nitrogens with zero attached hydrogens (tertiary/aromatic N) is 1. The highest BCUT2D eigenvalue weighted by Crippen LogP contribution is 2.47. The fraction of sp³-hybridized carbons (Fsp3) is 0.265. The second-order valence-corrected chi connectivity index (χ2v) is 10.5. The molecule has 0 bridgehead atoms. The highest BCUT2D eigenvalue weighted by molar-refractivity contribution is 5.83. The number of carbonyl (C=O) groups is 1. The van der Waals surface area contributed by atoms with Crippen molar-refractivity contribution in [2.75, 3.05) is 13.7 Å². The Kier molecular flexibility index (Phi) is 6.98. The summed E-state index contributed by atoms with van der Waals surface area (Å²) in [5, 5.41) is 3.28. The first kappa shape index (κ1) is 24.4. The van der Waals surface area contributed by atoms with E-state index in [0.29, 0.717) is 12.5 Å². The normalized spacial score (nSPS) is 18.4. The molecule has 4 nitrogen and oxygen atoms in total. The van der Waals surface area contributed by atoms with Crippen LogP contribution in [0, 0.1) is 5.92 Å². The summed E-state index contributed by atoms with van der Waals surface area (Å²) in [6.07, 6.45) is 1.92. The molecule has 1 N–H and O–H groups in total. The monoisotopic (exact) mass is 502 g/mol. The largest absolute Gasteiger partial charge is 0.497 e. The molecule has 0 unspecified atom stereocenters.